The molecular weight excluding hydrogens is 321 g/mol. The normalized spacial score (nSPS) is 12.8. The van der Waals surface area contributed by atoms with Crippen molar-refractivity contribution in [3.8, 4) is 11.1 Å². The number of rotatable bonds is 10. The summed E-state index contributed by atoms with van der Waals surface area (Å²) >= 11 is 0. The van der Waals surface area contributed by atoms with Gasteiger partial charge in [-0.1, -0.05) is 107 Å². The molecule has 0 bridgehead atoms. The Bertz CT molecular complexity index is 503. The molecule has 2 rings (SSSR count). The third kappa shape index (κ3) is 9.72. The molecule has 0 aliphatic heterocycles. The van der Waals surface area contributed by atoms with Gasteiger partial charge in [0.1, 0.15) is 6.80 Å². The Morgan fingerprint density at radius 2 is 1.35 bits per heavy atom. The van der Waals surface area contributed by atoms with Crippen LogP contribution in [0.5, 0.6) is 0 Å². The van der Waals surface area contributed by atoms with Crippen molar-refractivity contribution in [2.24, 2.45) is 11.8 Å². The summed E-state index contributed by atoms with van der Waals surface area (Å²) in [7, 11) is 0. The van der Waals surface area contributed by atoms with Crippen LogP contribution in [0.15, 0.2) is 60.7 Å². The van der Waals surface area contributed by atoms with E-state index in [0.717, 1.165) is 12.5 Å². The third-order valence-corrected chi connectivity index (χ3v) is 4.81. The van der Waals surface area contributed by atoms with Gasteiger partial charge in [-0.15, -0.1) is 0 Å². The van der Waals surface area contributed by atoms with Gasteiger partial charge < -0.3 is 0 Å². The van der Waals surface area contributed by atoms with Gasteiger partial charge in [0.25, 0.3) is 0 Å². The monoisotopic (exact) mass is 357 g/mol. The molecule has 2 heteroatoms. The molecule has 0 fully saturated rings. The highest BCUT2D eigenvalue weighted by Crippen LogP contribution is 2.20. The lowest BCUT2D eigenvalue weighted by molar-refractivity contribution is 0.346. The van der Waals surface area contributed by atoms with Gasteiger partial charge in [0, 0.05) is 6.54 Å². The number of benzene rings is 2. The van der Waals surface area contributed by atoms with Crippen molar-refractivity contribution in [3.63, 3.8) is 0 Å². The number of hydrogen-bond acceptors (Lipinski definition) is 1. The van der Waals surface area contributed by atoms with Gasteiger partial charge in [0.15, 0.2) is 0 Å². The van der Waals surface area contributed by atoms with Crippen molar-refractivity contribution in [3.05, 3.63) is 60.7 Å². The van der Waals surface area contributed by atoms with Crippen molar-refractivity contribution in [2.45, 2.75) is 52.9 Å². The van der Waals surface area contributed by atoms with E-state index in [4.69, 9.17) is 0 Å². The van der Waals surface area contributed by atoms with E-state index < -0.39 is 6.80 Å². The van der Waals surface area contributed by atoms with Gasteiger partial charge in [0.2, 0.25) is 0 Å². The molecule has 2 aromatic rings. The van der Waals surface area contributed by atoms with Crippen LogP contribution in [0.4, 0.5) is 4.39 Å². The van der Waals surface area contributed by atoms with E-state index in [1.165, 1.54) is 43.2 Å². The summed E-state index contributed by atoms with van der Waals surface area (Å²) < 4.78 is 11.8. The number of nitrogens with one attached hydrogen (secondary N) is 1. The van der Waals surface area contributed by atoms with Crippen molar-refractivity contribution in [2.75, 3.05) is 13.3 Å². The molecule has 2 unspecified atom stereocenters. The van der Waals surface area contributed by atoms with Crippen molar-refractivity contribution in [1.82, 2.24) is 5.32 Å². The first-order valence-electron chi connectivity index (χ1n) is 10.1. The lowest BCUT2D eigenvalue weighted by Gasteiger charge is -2.17. The number of alkyl halides is 1. The highest BCUT2D eigenvalue weighted by molar-refractivity contribution is 5.62. The Morgan fingerprint density at radius 1 is 0.808 bits per heavy atom. The molecule has 0 aromatic heterocycles. The second kappa shape index (κ2) is 14.5. The quantitative estimate of drug-likeness (QED) is 0.447. The molecule has 0 radical (unpaired) electrons. The Kier molecular flexibility index (Phi) is 12.5. The maximum absolute atomic E-state index is 11.8. The molecule has 26 heavy (non-hydrogen) atoms. The fourth-order valence-corrected chi connectivity index (χ4v) is 3.15. The van der Waals surface area contributed by atoms with Gasteiger partial charge in [-0.05, 0) is 29.4 Å². The fourth-order valence-electron chi connectivity index (χ4n) is 3.15. The van der Waals surface area contributed by atoms with Crippen LogP contribution in [-0.4, -0.2) is 13.3 Å². The molecule has 1 N–H and O–H groups in total. The van der Waals surface area contributed by atoms with Gasteiger partial charge >= 0.3 is 0 Å². The van der Waals surface area contributed by atoms with Crippen LogP contribution < -0.4 is 5.32 Å². The van der Waals surface area contributed by atoms with Gasteiger partial charge in [-0.2, -0.15) is 0 Å². The second-order valence-electron chi connectivity index (χ2n) is 7.07. The predicted molar refractivity (Wildman–Crippen MR) is 113 cm³/mol. The van der Waals surface area contributed by atoms with E-state index in [-0.39, 0.29) is 0 Å². The molecule has 2 atom stereocenters. The van der Waals surface area contributed by atoms with Crippen molar-refractivity contribution < 1.29 is 4.39 Å². The van der Waals surface area contributed by atoms with Gasteiger partial charge in [-0.25, -0.2) is 4.39 Å². The van der Waals surface area contributed by atoms with Crippen LogP contribution in [0.25, 0.3) is 11.1 Å². The molecule has 0 aliphatic rings. The Balaban J connectivity index is 0.000000262. The molecule has 2 aromatic carbocycles. The molecule has 0 spiro atoms. The maximum Gasteiger partial charge on any atom is 0.140 e. The van der Waals surface area contributed by atoms with E-state index >= 15 is 0 Å². The SMILES string of the molecule is CCCC(CC)CCC(C)CNCF.c1ccc(-c2ccccc2)cc1. The smallest absolute Gasteiger partial charge is 0.140 e. The first kappa shape index (κ1) is 22.4. The molecule has 0 saturated carbocycles. The minimum Gasteiger partial charge on any atom is -0.290 e. The minimum atomic E-state index is -0.392. The van der Waals surface area contributed by atoms with Crippen molar-refractivity contribution in [1.29, 1.82) is 0 Å². The molecular formula is C24H36FN. The molecule has 0 amide bonds. The van der Waals surface area contributed by atoms with Gasteiger partial charge in [0.05, 0.1) is 0 Å². The van der Waals surface area contributed by atoms with E-state index in [9.17, 15) is 4.39 Å². The molecule has 0 saturated heterocycles. The van der Waals surface area contributed by atoms with E-state index in [2.05, 4.69) is 74.6 Å². The highest BCUT2D eigenvalue weighted by Gasteiger charge is 2.08. The molecule has 1 nitrogen and oxygen atoms in total. The van der Waals surface area contributed by atoms with E-state index in [1.54, 1.807) is 0 Å². The number of hydrogen-bond donors (Lipinski definition) is 1. The Hall–Kier alpha value is -1.67. The summed E-state index contributed by atoms with van der Waals surface area (Å²) in [6, 6.07) is 20.8. The standard InChI is InChI=1S/C12H26FN.C12H10/c1-4-6-12(5-2)8-7-11(3)9-14-10-13;1-3-7-11(8-4-1)12-9-5-2-6-10-12/h11-12,14H,4-10H2,1-3H3;1-10H. The summed E-state index contributed by atoms with van der Waals surface area (Å²) in [4.78, 5) is 0. The fraction of sp³-hybridized carbons (Fsp3) is 0.500. The van der Waals surface area contributed by atoms with Crippen LogP contribution in [0.3, 0.4) is 0 Å². The van der Waals surface area contributed by atoms with Crippen LogP contribution in [0.2, 0.25) is 0 Å². The first-order valence-corrected chi connectivity index (χ1v) is 10.1. The van der Waals surface area contributed by atoms with Crippen LogP contribution in [0.1, 0.15) is 52.9 Å². The van der Waals surface area contributed by atoms with Crippen LogP contribution in [-0.2, 0) is 0 Å². The average molecular weight is 358 g/mol. The van der Waals surface area contributed by atoms with E-state index in [1.807, 2.05) is 12.1 Å². The molecule has 0 aliphatic carbocycles. The zero-order valence-electron chi connectivity index (χ0n) is 16.8. The molecule has 144 valence electrons. The Labute approximate surface area is 160 Å². The molecule has 0 heterocycles. The van der Waals surface area contributed by atoms with Crippen molar-refractivity contribution >= 4 is 0 Å². The van der Waals surface area contributed by atoms with Crippen LogP contribution in [0, 0.1) is 11.8 Å². The Morgan fingerprint density at radius 3 is 1.77 bits per heavy atom. The van der Waals surface area contributed by atoms with Crippen LogP contribution >= 0.6 is 0 Å². The first-order chi connectivity index (χ1) is 12.7. The largest absolute Gasteiger partial charge is 0.290 e. The zero-order chi connectivity index (χ0) is 19.0. The average Bonchev–Trinajstić information content (AvgIpc) is 2.71. The second-order valence-corrected chi connectivity index (χ2v) is 7.07. The predicted octanol–water partition coefficient (Wildman–Crippen LogP) is 7.10. The lowest BCUT2D eigenvalue weighted by Crippen LogP contribution is -2.20. The summed E-state index contributed by atoms with van der Waals surface area (Å²) in [5, 5.41) is 2.76. The lowest BCUT2D eigenvalue weighted by atomic mass is 9.91. The summed E-state index contributed by atoms with van der Waals surface area (Å²) in [6.07, 6.45) is 6.46. The maximum atomic E-state index is 11.8. The van der Waals surface area contributed by atoms with E-state index in [0.29, 0.717) is 5.92 Å². The topological polar surface area (TPSA) is 12.0 Å². The third-order valence-electron chi connectivity index (χ3n) is 4.81. The summed E-state index contributed by atoms with van der Waals surface area (Å²) in [5.74, 6) is 1.49. The van der Waals surface area contributed by atoms with Gasteiger partial charge in [-0.3, -0.25) is 5.32 Å². The summed E-state index contributed by atoms with van der Waals surface area (Å²) in [6.45, 7) is 7.14. The minimum absolute atomic E-state index is 0.392. The number of halogens is 1. The zero-order valence-corrected chi connectivity index (χ0v) is 16.8. The highest BCUT2D eigenvalue weighted by atomic mass is 19.1. The summed E-state index contributed by atoms with van der Waals surface area (Å²) in [5.41, 5.74) is 2.55.